The van der Waals surface area contributed by atoms with Gasteiger partial charge in [0.15, 0.2) is 0 Å². The highest BCUT2D eigenvalue weighted by molar-refractivity contribution is 6.36. The number of anilines is 2. The summed E-state index contributed by atoms with van der Waals surface area (Å²) in [7, 11) is 3.09. The van der Waals surface area contributed by atoms with Gasteiger partial charge in [-0.05, 0) is 60.7 Å². The van der Waals surface area contributed by atoms with Crippen molar-refractivity contribution in [2.45, 2.75) is 19.8 Å². The molecule has 0 unspecified atom stereocenters. The van der Waals surface area contributed by atoms with Gasteiger partial charge in [-0.1, -0.05) is 19.1 Å². The summed E-state index contributed by atoms with van der Waals surface area (Å²) < 4.78 is 5.19. The van der Waals surface area contributed by atoms with Crippen molar-refractivity contribution >= 4 is 28.8 Å². The summed E-state index contributed by atoms with van der Waals surface area (Å²) in [5.74, 6) is 0.835. The molecule has 1 N–H and O–H groups in total. The third kappa shape index (κ3) is 3.77. The van der Waals surface area contributed by atoms with Crippen LogP contribution in [0.2, 0.25) is 0 Å². The van der Waals surface area contributed by atoms with Gasteiger partial charge in [0.1, 0.15) is 11.4 Å². The highest BCUT2D eigenvalue weighted by atomic mass is 16.5. The van der Waals surface area contributed by atoms with E-state index in [1.54, 1.807) is 31.4 Å². The van der Waals surface area contributed by atoms with Gasteiger partial charge < -0.3 is 15.0 Å². The maximum absolute atomic E-state index is 12.7. The van der Waals surface area contributed by atoms with E-state index in [2.05, 4.69) is 29.3 Å². The molecule has 0 saturated carbocycles. The van der Waals surface area contributed by atoms with E-state index in [-0.39, 0.29) is 11.8 Å². The predicted octanol–water partition coefficient (Wildman–Crippen LogP) is 3.75. The van der Waals surface area contributed by atoms with Crippen LogP contribution in [0.15, 0.2) is 54.2 Å². The Balaban J connectivity index is 1.59. The molecular formula is C24H27N3O3. The zero-order valence-corrected chi connectivity index (χ0v) is 17.6. The number of likely N-dealkylation sites (N-methyl/N-ethyl adjacent to an activating group) is 1. The molecule has 0 spiro atoms. The molecule has 2 amide bonds. The standard InChI is InChI=1S/C24H27N3O3/c1-16-12-14-27(15-13-16)19-8-6-18(7-9-19)25-22-21(23(28)26(2)24(22)29)17-4-10-20(30-3)11-5-17/h4-11,16,25H,12-15H2,1-3H3. The molecule has 2 aromatic rings. The van der Waals surface area contributed by atoms with Gasteiger partial charge >= 0.3 is 0 Å². The Labute approximate surface area is 177 Å². The maximum Gasteiger partial charge on any atom is 0.277 e. The smallest absolute Gasteiger partial charge is 0.277 e. The fourth-order valence-corrected chi connectivity index (χ4v) is 3.95. The Morgan fingerprint density at radius 2 is 1.57 bits per heavy atom. The Bertz CT molecular complexity index is 972. The second-order valence-electron chi connectivity index (χ2n) is 7.99. The van der Waals surface area contributed by atoms with E-state index in [4.69, 9.17) is 4.74 Å². The number of hydrogen-bond acceptors (Lipinski definition) is 5. The van der Waals surface area contributed by atoms with Crippen LogP contribution in [0.1, 0.15) is 25.3 Å². The van der Waals surface area contributed by atoms with Crippen LogP contribution in [-0.2, 0) is 9.59 Å². The molecular weight excluding hydrogens is 378 g/mol. The van der Waals surface area contributed by atoms with Crippen LogP contribution in [0.5, 0.6) is 5.75 Å². The zero-order chi connectivity index (χ0) is 21.3. The van der Waals surface area contributed by atoms with Crippen LogP contribution in [0.3, 0.4) is 0 Å². The van der Waals surface area contributed by atoms with Crippen molar-refractivity contribution < 1.29 is 14.3 Å². The lowest BCUT2D eigenvalue weighted by molar-refractivity contribution is -0.135. The van der Waals surface area contributed by atoms with Gasteiger partial charge in [-0.3, -0.25) is 14.5 Å². The highest BCUT2D eigenvalue weighted by Crippen LogP contribution is 2.31. The maximum atomic E-state index is 12.7. The first-order valence-electron chi connectivity index (χ1n) is 10.3. The molecule has 0 radical (unpaired) electrons. The molecule has 6 heteroatoms. The van der Waals surface area contributed by atoms with Crippen molar-refractivity contribution in [2.75, 3.05) is 37.5 Å². The molecule has 6 nitrogen and oxygen atoms in total. The molecule has 1 saturated heterocycles. The van der Waals surface area contributed by atoms with Crippen LogP contribution in [-0.4, -0.2) is 44.0 Å². The number of carbonyl (C=O) groups excluding carboxylic acids is 2. The minimum Gasteiger partial charge on any atom is -0.497 e. The lowest BCUT2D eigenvalue weighted by Crippen LogP contribution is -2.32. The number of imide groups is 1. The molecule has 156 valence electrons. The van der Waals surface area contributed by atoms with E-state index in [9.17, 15) is 9.59 Å². The van der Waals surface area contributed by atoms with Gasteiger partial charge in [0.25, 0.3) is 11.8 Å². The fraction of sp³-hybridized carbons (Fsp3) is 0.333. The van der Waals surface area contributed by atoms with Gasteiger partial charge in [-0.25, -0.2) is 0 Å². The minimum absolute atomic E-state index is 0.298. The molecule has 4 rings (SSSR count). The predicted molar refractivity (Wildman–Crippen MR) is 118 cm³/mol. The highest BCUT2D eigenvalue weighted by Gasteiger charge is 2.36. The van der Waals surface area contributed by atoms with Crippen LogP contribution in [0, 0.1) is 5.92 Å². The molecule has 2 aliphatic rings. The van der Waals surface area contributed by atoms with Crippen LogP contribution >= 0.6 is 0 Å². The van der Waals surface area contributed by atoms with Gasteiger partial charge in [0.2, 0.25) is 0 Å². The Hall–Kier alpha value is -3.28. The molecule has 0 aliphatic carbocycles. The van der Waals surface area contributed by atoms with Gasteiger partial charge in [-0.15, -0.1) is 0 Å². The van der Waals surface area contributed by atoms with Crippen LogP contribution in [0.4, 0.5) is 11.4 Å². The number of hydrogen-bond donors (Lipinski definition) is 1. The average Bonchev–Trinajstić information content (AvgIpc) is 2.98. The van der Waals surface area contributed by atoms with Crippen molar-refractivity contribution in [1.82, 2.24) is 4.90 Å². The fourth-order valence-electron chi connectivity index (χ4n) is 3.95. The van der Waals surface area contributed by atoms with E-state index in [0.29, 0.717) is 22.6 Å². The Kier molecular flexibility index (Phi) is 5.48. The number of benzene rings is 2. The van der Waals surface area contributed by atoms with Gasteiger partial charge in [-0.2, -0.15) is 0 Å². The number of ether oxygens (including phenoxy) is 1. The topological polar surface area (TPSA) is 61.9 Å². The van der Waals surface area contributed by atoms with Crippen molar-refractivity contribution in [3.05, 3.63) is 59.8 Å². The molecule has 2 aromatic carbocycles. The zero-order valence-electron chi connectivity index (χ0n) is 17.6. The van der Waals surface area contributed by atoms with Gasteiger partial charge in [0.05, 0.1) is 12.7 Å². The second-order valence-corrected chi connectivity index (χ2v) is 7.99. The molecule has 30 heavy (non-hydrogen) atoms. The minimum atomic E-state index is -0.333. The molecule has 0 bridgehead atoms. The van der Waals surface area contributed by atoms with E-state index < -0.39 is 0 Å². The van der Waals surface area contributed by atoms with E-state index in [1.807, 2.05) is 12.1 Å². The molecule has 0 atom stereocenters. The largest absolute Gasteiger partial charge is 0.497 e. The summed E-state index contributed by atoms with van der Waals surface area (Å²) in [4.78, 5) is 29.0. The third-order valence-electron chi connectivity index (χ3n) is 5.95. The summed E-state index contributed by atoms with van der Waals surface area (Å²) >= 11 is 0. The number of piperidine rings is 1. The lowest BCUT2D eigenvalue weighted by atomic mass is 9.99. The monoisotopic (exact) mass is 405 g/mol. The number of methoxy groups -OCH3 is 1. The van der Waals surface area contributed by atoms with Crippen molar-refractivity contribution in [2.24, 2.45) is 5.92 Å². The Morgan fingerprint density at radius 1 is 0.933 bits per heavy atom. The Morgan fingerprint density at radius 3 is 2.17 bits per heavy atom. The lowest BCUT2D eigenvalue weighted by Gasteiger charge is -2.32. The molecule has 0 aromatic heterocycles. The van der Waals surface area contributed by atoms with Crippen molar-refractivity contribution in [3.63, 3.8) is 0 Å². The summed E-state index contributed by atoms with van der Waals surface area (Å²) in [6.07, 6.45) is 2.42. The quantitative estimate of drug-likeness (QED) is 0.768. The number of nitrogens with one attached hydrogen (secondary N) is 1. The normalized spacial score (nSPS) is 17.7. The van der Waals surface area contributed by atoms with Crippen LogP contribution < -0.4 is 15.0 Å². The van der Waals surface area contributed by atoms with Crippen molar-refractivity contribution in [1.29, 1.82) is 0 Å². The SMILES string of the molecule is COc1ccc(C2=C(Nc3ccc(N4CCC(C)CC4)cc3)C(=O)N(C)C2=O)cc1. The first kappa shape index (κ1) is 20.0. The second kappa shape index (κ2) is 8.22. The first-order valence-corrected chi connectivity index (χ1v) is 10.3. The summed E-state index contributed by atoms with van der Waals surface area (Å²) in [5.41, 5.74) is 3.32. The number of rotatable bonds is 5. The average molecular weight is 405 g/mol. The van der Waals surface area contributed by atoms with E-state index in [1.165, 1.54) is 25.6 Å². The molecule has 1 fully saturated rings. The van der Waals surface area contributed by atoms with Crippen LogP contribution in [0.25, 0.3) is 5.57 Å². The van der Waals surface area contributed by atoms with E-state index >= 15 is 0 Å². The van der Waals surface area contributed by atoms with E-state index in [0.717, 1.165) is 29.6 Å². The van der Waals surface area contributed by atoms with Crippen molar-refractivity contribution in [3.8, 4) is 5.75 Å². The summed E-state index contributed by atoms with van der Waals surface area (Å²) in [6, 6.07) is 15.2. The number of amides is 2. The third-order valence-corrected chi connectivity index (χ3v) is 5.95. The number of carbonyl (C=O) groups is 2. The summed E-state index contributed by atoms with van der Waals surface area (Å²) in [6.45, 7) is 4.44. The number of nitrogens with zero attached hydrogens (tertiary/aromatic N) is 2. The summed E-state index contributed by atoms with van der Waals surface area (Å²) in [5, 5.41) is 3.18. The van der Waals surface area contributed by atoms with Gasteiger partial charge in [0, 0.05) is 31.5 Å². The first-order chi connectivity index (χ1) is 14.5. The molecule has 2 heterocycles. The molecule has 2 aliphatic heterocycles.